The molecule has 1 fully saturated rings. The second-order valence-electron chi connectivity index (χ2n) is 8.69. The van der Waals surface area contributed by atoms with Crippen molar-refractivity contribution in [2.75, 3.05) is 48.5 Å². The molecule has 4 rings (SSSR count). The molecule has 0 aliphatic carbocycles. The van der Waals surface area contributed by atoms with E-state index in [0.717, 1.165) is 5.56 Å². The lowest BCUT2D eigenvalue weighted by atomic mass is 10.1. The van der Waals surface area contributed by atoms with Gasteiger partial charge in [0, 0.05) is 43.4 Å². The number of carboxylic acids is 1. The fourth-order valence-electron chi connectivity index (χ4n) is 4.04. The number of morpholine rings is 1. The summed E-state index contributed by atoms with van der Waals surface area (Å²) < 4.78 is 5.47. The van der Waals surface area contributed by atoms with Gasteiger partial charge in [0.2, 0.25) is 0 Å². The number of anilines is 3. The molecular weight excluding hydrogens is 529 g/mol. The second kappa shape index (κ2) is 12.3. The molecule has 0 atom stereocenters. The Labute approximate surface area is 230 Å². The number of benzene rings is 2. The largest absolute Gasteiger partial charge is 0.481 e. The number of carbonyl (C=O) groups is 2. The number of rotatable bonds is 9. The summed E-state index contributed by atoms with van der Waals surface area (Å²) in [4.78, 5) is 37.5. The van der Waals surface area contributed by atoms with Crippen LogP contribution in [0, 0.1) is 0 Å². The highest BCUT2D eigenvalue weighted by Crippen LogP contribution is 2.29. The Hall–Kier alpha value is -3.66. The number of ether oxygens (including phenoxy) is 1. The van der Waals surface area contributed by atoms with E-state index in [2.05, 4.69) is 11.9 Å². The first-order valence-electron chi connectivity index (χ1n) is 11.9. The zero-order valence-electron chi connectivity index (χ0n) is 20.8. The lowest BCUT2D eigenvalue weighted by molar-refractivity contribution is -0.136. The standard InChI is InChI=1S/C27H27Cl2N5O4/c1-3-33(2)25-20(16-24(35)36)26(34-10-12-38-13-11-34)32-23(31-25)14-17-4-7-19(8-5-17)30-27(37)18-6-9-21(28)22(29)15-18/h3-9,15H,1,10-14,16H2,2H3,(H,30,37)(H,35,36). The summed E-state index contributed by atoms with van der Waals surface area (Å²) in [6.07, 6.45) is 1.78. The first-order valence-corrected chi connectivity index (χ1v) is 12.7. The van der Waals surface area contributed by atoms with E-state index < -0.39 is 5.97 Å². The van der Waals surface area contributed by atoms with Gasteiger partial charge in [-0.15, -0.1) is 0 Å². The van der Waals surface area contributed by atoms with Crippen molar-refractivity contribution in [2.24, 2.45) is 0 Å². The van der Waals surface area contributed by atoms with Gasteiger partial charge in [-0.05, 0) is 42.1 Å². The van der Waals surface area contributed by atoms with Gasteiger partial charge in [0.1, 0.15) is 17.5 Å². The van der Waals surface area contributed by atoms with Gasteiger partial charge in [-0.2, -0.15) is 0 Å². The number of hydrogen-bond donors (Lipinski definition) is 2. The fraction of sp³-hybridized carbons (Fsp3) is 0.259. The molecule has 0 spiro atoms. The Kier molecular flexibility index (Phi) is 8.83. The topological polar surface area (TPSA) is 108 Å². The Morgan fingerprint density at radius 1 is 1.13 bits per heavy atom. The quantitative estimate of drug-likeness (QED) is 0.392. The predicted octanol–water partition coefficient (Wildman–Crippen LogP) is 4.67. The summed E-state index contributed by atoms with van der Waals surface area (Å²) in [7, 11) is 1.78. The molecule has 3 aromatic rings. The molecular formula is C27H27Cl2N5O4. The minimum absolute atomic E-state index is 0.215. The van der Waals surface area contributed by atoms with Gasteiger partial charge in [-0.1, -0.05) is 41.9 Å². The molecule has 0 bridgehead atoms. The van der Waals surface area contributed by atoms with E-state index in [-0.39, 0.29) is 12.3 Å². The smallest absolute Gasteiger partial charge is 0.308 e. The van der Waals surface area contributed by atoms with Crippen molar-refractivity contribution >= 4 is 52.4 Å². The van der Waals surface area contributed by atoms with E-state index in [1.54, 1.807) is 42.4 Å². The zero-order valence-corrected chi connectivity index (χ0v) is 22.3. The summed E-state index contributed by atoms with van der Waals surface area (Å²) >= 11 is 12.0. The van der Waals surface area contributed by atoms with Gasteiger partial charge in [-0.3, -0.25) is 9.59 Å². The highest BCUT2D eigenvalue weighted by Gasteiger charge is 2.24. The Bertz CT molecular complexity index is 1340. The highest BCUT2D eigenvalue weighted by molar-refractivity contribution is 6.42. The molecule has 0 unspecified atom stereocenters. The van der Waals surface area contributed by atoms with E-state index in [1.165, 1.54) is 6.07 Å². The summed E-state index contributed by atoms with van der Waals surface area (Å²) in [6, 6.07) is 12.0. The number of aliphatic carboxylic acids is 1. The number of nitrogens with zero attached hydrogens (tertiary/aromatic N) is 4. The van der Waals surface area contributed by atoms with Crippen molar-refractivity contribution < 1.29 is 19.4 Å². The molecule has 9 nitrogen and oxygen atoms in total. The van der Waals surface area contributed by atoms with Crippen LogP contribution in [-0.4, -0.2) is 60.3 Å². The van der Waals surface area contributed by atoms with Crippen LogP contribution in [0.15, 0.2) is 55.2 Å². The first-order chi connectivity index (χ1) is 18.2. The van der Waals surface area contributed by atoms with Crippen molar-refractivity contribution in [3.63, 3.8) is 0 Å². The van der Waals surface area contributed by atoms with Gasteiger partial charge >= 0.3 is 5.97 Å². The SMILES string of the molecule is C=CN(C)c1nc(Cc2ccc(NC(=O)c3ccc(Cl)c(Cl)c3)cc2)nc(N2CCOCC2)c1CC(=O)O. The van der Waals surface area contributed by atoms with Crippen LogP contribution in [0.25, 0.3) is 0 Å². The molecule has 2 aromatic carbocycles. The number of halogens is 2. The van der Waals surface area contributed by atoms with Crippen LogP contribution < -0.4 is 15.1 Å². The van der Waals surface area contributed by atoms with Crippen LogP contribution in [0.5, 0.6) is 0 Å². The molecule has 0 radical (unpaired) electrons. The second-order valence-corrected chi connectivity index (χ2v) is 9.50. The van der Waals surface area contributed by atoms with Crippen LogP contribution in [0.4, 0.5) is 17.3 Å². The molecule has 38 heavy (non-hydrogen) atoms. The third kappa shape index (κ3) is 6.61. The maximum atomic E-state index is 12.6. The molecule has 1 aliphatic rings. The number of carboxylic acid groups (broad SMARTS) is 1. The Morgan fingerprint density at radius 3 is 2.47 bits per heavy atom. The molecule has 1 saturated heterocycles. The third-order valence-corrected chi connectivity index (χ3v) is 6.75. The molecule has 2 heterocycles. The average molecular weight is 556 g/mol. The molecule has 11 heteroatoms. The van der Waals surface area contributed by atoms with E-state index in [1.807, 2.05) is 17.0 Å². The van der Waals surface area contributed by atoms with Crippen LogP contribution >= 0.6 is 23.2 Å². The van der Waals surface area contributed by atoms with Crippen molar-refractivity contribution in [1.29, 1.82) is 0 Å². The Morgan fingerprint density at radius 2 is 1.84 bits per heavy atom. The van der Waals surface area contributed by atoms with Gasteiger partial charge in [-0.25, -0.2) is 9.97 Å². The maximum absolute atomic E-state index is 12.6. The van der Waals surface area contributed by atoms with E-state index in [9.17, 15) is 14.7 Å². The molecule has 1 aliphatic heterocycles. The predicted molar refractivity (Wildman–Crippen MR) is 149 cm³/mol. The van der Waals surface area contributed by atoms with Crippen LogP contribution in [0.1, 0.15) is 27.3 Å². The summed E-state index contributed by atoms with van der Waals surface area (Å²) in [5.41, 5.74) is 2.46. The van der Waals surface area contributed by atoms with Gasteiger partial charge in [0.25, 0.3) is 5.91 Å². The van der Waals surface area contributed by atoms with Crippen molar-refractivity contribution in [3.05, 3.63) is 87.8 Å². The van der Waals surface area contributed by atoms with Crippen molar-refractivity contribution in [1.82, 2.24) is 9.97 Å². The van der Waals surface area contributed by atoms with Gasteiger partial charge in [0.15, 0.2) is 0 Å². The van der Waals surface area contributed by atoms with E-state index >= 15 is 0 Å². The number of aromatic nitrogens is 2. The fourth-order valence-corrected chi connectivity index (χ4v) is 4.34. The first kappa shape index (κ1) is 27.4. The summed E-state index contributed by atoms with van der Waals surface area (Å²) in [5, 5.41) is 13.1. The van der Waals surface area contributed by atoms with Crippen LogP contribution in [0.3, 0.4) is 0 Å². The Balaban J connectivity index is 1.58. The zero-order chi connectivity index (χ0) is 27.2. The molecule has 2 N–H and O–H groups in total. The minimum Gasteiger partial charge on any atom is -0.481 e. The van der Waals surface area contributed by atoms with E-state index in [0.29, 0.717) is 77.0 Å². The monoisotopic (exact) mass is 555 g/mol. The third-order valence-electron chi connectivity index (χ3n) is 6.01. The molecule has 1 amide bonds. The minimum atomic E-state index is -0.965. The summed E-state index contributed by atoms with van der Waals surface area (Å²) in [6.45, 7) is 6.09. The molecule has 1 aromatic heterocycles. The lowest BCUT2D eigenvalue weighted by Gasteiger charge is -2.31. The number of carbonyl (C=O) groups excluding carboxylic acids is 1. The van der Waals surface area contributed by atoms with Crippen molar-refractivity contribution in [2.45, 2.75) is 12.8 Å². The van der Waals surface area contributed by atoms with Crippen LogP contribution in [-0.2, 0) is 22.4 Å². The van der Waals surface area contributed by atoms with E-state index in [4.69, 9.17) is 37.9 Å². The summed E-state index contributed by atoms with van der Waals surface area (Å²) in [5.74, 6) is 0.361. The normalized spacial score (nSPS) is 13.2. The van der Waals surface area contributed by atoms with Crippen LogP contribution in [0.2, 0.25) is 10.0 Å². The number of amides is 1. The molecule has 0 saturated carbocycles. The molecule has 198 valence electrons. The van der Waals surface area contributed by atoms with Gasteiger partial charge < -0.3 is 25.0 Å². The number of hydrogen-bond acceptors (Lipinski definition) is 7. The average Bonchev–Trinajstić information content (AvgIpc) is 2.91. The lowest BCUT2D eigenvalue weighted by Crippen LogP contribution is -2.38. The number of nitrogens with one attached hydrogen (secondary N) is 1. The maximum Gasteiger partial charge on any atom is 0.308 e. The van der Waals surface area contributed by atoms with Gasteiger partial charge in [0.05, 0.1) is 29.7 Å². The van der Waals surface area contributed by atoms with Crippen molar-refractivity contribution in [3.8, 4) is 0 Å². The highest BCUT2D eigenvalue weighted by atomic mass is 35.5.